The first-order valence-electron chi connectivity index (χ1n) is 10.2. The minimum Gasteiger partial charge on any atom is -0.478 e. The SMILES string of the molecule is C[C@H](CC(=O)c1csc2ccn(Cc3ccc(C(F)(F)F)cc3)c12)c1ccc(C(=O)O)cc1. The van der Waals surface area contributed by atoms with E-state index in [4.69, 9.17) is 5.11 Å². The number of rotatable bonds is 7. The highest BCUT2D eigenvalue weighted by atomic mass is 32.1. The zero-order chi connectivity index (χ0) is 23.8. The van der Waals surface area contributed by atoms with E-state index >= 15 is 0 Å². The van der Waals surface area contributed by atoms with E-state index in [1.807, 2.05) is 29.1 Å². The second-order valence-electron chi connectivity index (χ2n) is 7.96. The summed E-state index contributed by atoms with van der Waals surface area (Å²) in [6.45, 7) is 2.27. The molecule has 0 bridgehead atoms. The quantitative estimate of drug-likeness (QED) is 0.300. The third-order valence-corrected chi connectivity index (χ3v) is 6.58. The van der Waals surface area contributed by atoms with Crippen molar-refractivity contribution in [1.82, 2.24) is 4.57 Å². The van der Waals surface area contributed by atoms with Crippen LogP contribution in [0.15, 0.2) is 66.2 Å². The number of carboxylic acid groups (broad SMARTS) is 1. The number of ketones is 1. The maximum absolute atomic E-state index is 13.1. The second-order valence-corrected chi connectivity index (χ2v) is 8.87. The highest BCUT2D eigenvalue weighted by molar-refractivity contribution is 7.17. The van der Waals surface area contributed by atoms with Gasteiger partial charge < -0.3 is 9.67 Å². The van der Waals surface area contributed by atoms with Gasteiger partial charge in [-0.1, -0.05) is 31.2 Å². The average molecular weight is 472 g/mol. The number of thiophene rings is 1. The van der Waals surface area contributed by atoms with Gasteiger partial charge in [-0.15, -0.1) is 11.3 Å². The fourth-order valence-corrected chi connectivity index (χ4v) is 4.77. The number of hydrogen-bond acceptors (Lipinski definition) is 3. The average Bonchev–Trinajstić information content (AvgIpc) is 3.36. The van der Waals surface area contributed by atoms with Crippen LogP contribution in [0.5, 0.6) is 0 Å². The molecule has 0 aliphatic carbocycles. The Morgan fingerprint density at radius 2 is 1.70 bits per heavy atom. The van der Waals surface area contributed by atoms with Crippen molar-refractivity contribution in [3.8, 4) is 0 Å². The van der Waals surface area contributed by atoms with Crippen LogP contribution in [0, 0.1) is 0 Å². The van der Waals surface area contributed by atoms with Crippen LogP contribution in [-0.4, -0.2) is 21.4 Å². The zero-order valence-electron chi connectivity index (χ0n) is 17.6. The molecule has 33 heavy (non-hydrogen) atoms. The van der Waals surface area contributed by atoms with Gasteiger partial charge in [0.2, 0.25) is 0 Å². The van der Waals surface area contributed by atoms with Crippen molar-refractivity contribution < 1.29 is 27.9 Å². The van der Waals surface area contributed by atoms with Crippen molar-refractivity contribution in [2.24, 2.45) is 0 Å². The van der Waals surface area contributed by atoms with E-state index in [9.17, 15) is 22.8 Å². The standard InChI is InChI=1S/C25H20F3NO3S/c1-15(17-4-6-18(7-5-17)24(31)32)12-21(30)20-14-33-22-10-11-29(23(20)22)13-16-2-8-19(9-3-16)25(26,27)28/h2-11,14-15H,12-13H2,1H3,(H,31,32)/t15-/m1/s1. The molecule has 4 rings (SSSR count). The predicted molar refractivity (Wildman–Crippen MR) is 121 cm³/mol. The Morgan fingerprint density at radius 1 is 1.03 bits per heavy atom. The Labute approximate surface area is 191 Å². The number of fused-ring (bicyclic) bond motifs is 1. The number of carbonyl (C=O) groups is 2. The summed E-state index contributed by atoms with van der Waals surface area (Å²) in [4.78, 5) is 24.1. The molecule has 4 aromatic rings. The fraction of sp³-hybridized carbons (Fsp3) is 0.200. The molecule has 0 aliphatic heterocycles. The summed E-state index contributed by atoms with van der Waals surface area (Å²) in [5, 5.41) is 10.9. The molecule has 0 radical (unpaired) electrons. The lowest BCUT2D eigenvalue weighted by molar-refractivity contribution is -0.137. The van der Waals surface area contributed by atoms with E-state index in [-0.39, 0.29) is 23.7 Å². The van der Waals surface area contributed by atoms with Crippen molar-refractivity contribution in [1.29, 1.82) is 0 Å². The van der Waals surface area contributed by atoms with E-state index in [1.54, 1.807) is 12.1 Å². The van der Waals surface area contributed by atoms with Gasteiger partial charge in [-0.05, 0) is 47.4 Å². The van der Waals surface area contributed by atoms with Crippen molar-refractivity contribution in [3.63, 3.8) is 0 Å². The molecule has 170 valence electrons. The van der Waals surface area contributed by atoms with Crippen molar-refractivity contribution in [2.75, 3.05) is 0 Å². The maximum Gasteiger partial charge on any atom is 0.416 e. The van der Waals surface area contributed by atoms with Crippen LogP contribution >= 0.6 is 11.3 Å². The van der Waals surface area contributed by atoms with Crippen LogP contribution in [0.2, 0.25) is 0 Å². The number of Topliss-reactive ketones (excluding diaryl/α,β-unsaturated/α-hetero) is 1. The number of aromatic nitrogens is 1. The lowest BCUT2D eigenvalue weighted by Gasteiger charge is -2.12. The molecule has 4 nitrogen and oxygen atoms in total. The van der Waals surface area contributed by atoms with E-state index in [0.717, 1.165) is 27.9 Å². The number of carboxylic acids is 1. The first-order valence-corrected chi connectivity index (χ1v) is 11.1. The van der Waals surface area contributed by atoms with Crippen LogP contribution in [0.25, 0.3) is 10.2 Å². The zero-order valence-corrected chi connectivity index (χ0v) is 18.4. The molecular weight excluding hydrogens is 451 g/mol. The molecule has 0 amide bonds. The molecule has 0 saturated heterocycles. The summed E-state index contributed by atoms with van der Waals surface area (Å²) in [5.74, 6) is -1.14. The van der Waals surface area contributed by atoms with Crippen LogP contribution in [0.1, 0.15) is 56.7 Å². The Hall–Kier alpha value is -3.39. The molecule has 8 heteroatoms. The third kappa shape index (κ3) is 4.85. The number of benzene rings is 2. The third-order valence-electron chi connectivity index (χ3n) is 5.64. The molecule has 0 spiro atoms. The molecule has 2 aromatic heterocycles. The van der Waals surface area contributed by atoms with E-state index in [1.165, 1.54) is 35.6 Å². The van der Waals surface area contributed by atoms with Gasteiger partial charge in [0.1, 0.15) is 0 Å². The Balaban J connectivity index is 1.53. The number of aromatic carboxylic acids is 1. The summed E-state index contributed by atoms with van der Waals surface area (Å²) in [7, 11) is 0. The molecule has 0 unspecified atom stereocenters. The van der Waals surface area contributed by atoms with E-state index < -0.39 is 17.7 Å². The largest absolute Gasteiger partial charge is 0.478 e. The summed E-state index contributed by atoms with van der Waals surface area (Å²) < 4.78 is 41.3. The topological polar surface area (TPSA) is 59.3 Å². The highest BCUT2D eigenvalue weighted by Crippen LogP contribution is 2.32. The molecule has 0 aliphatic rings. The molecular formula is C25H20F3NO3S. The normalized spacial score (nSPS) is 12.7. The molecule has 2 heterocycles. The van der Waals surface area contributed by atoms with Gasteiger partial charge in [-0.2, -0.15) is 13.2 Å². The van der Waals surface area contributed by atoms with Crippen molar-refractivity contribution >= 4 is 33.3 Å². The van der Waals surface area contributed by atoms with Crippen LogP contribution in [-0.2, 0) is 12.7 Å². The Bertz CT molecular complexity index is 1300. The fourth-order valence-electron chi connectivity index (χ4n) is 3.80. The van der Waals surface area contributed by atoms with Gasteiger partial charge >= 0.3 is 12.1 Å². The van der Waals surface area contributed by atoms with Gasteiger partial charge in [-0.3, -0.25) is 4.79 Å². The summed E-state index contributed by atoms with van der Waals surface area (Å²) >= 11 is 1.45. The maximum atomic E-state index is 13.1. The van der Waals surface area contributed by atoms with Gasteiger partial charge in [0.05, 0.1) is 26.9 Å². The lowest BCUT2D eigenvalue weighted by atomic mass is 9.93. The highest BCUT2D eigenvalue weighted by Gasteiger charge is 2.30. The first kappa shape index (κ1) is 22.8. The van der Waals surface area contributed by atoms with Gasteiger partial charge in [0.25, 0.3) is 0 Å². The van der Waals surface area contributed by atoms with Crippen molar-refractivity contribution in [3.05, 3.63) is 94.0 Å². The van der Waals surface area contributed by atoms with Crippen LogP contribution in [0.4, 0.5) is 13.2 Å². The number of halogens is 3. The summed E-state index contributed by atoms with van der Waals surface area (Å²) in [6.07, 6.45) is -2.29. The minimum atomic E-state index is -4.38. The van der Waals surface area contributed by atoms with E-state index in [0.29, 0.717) is 17.7 Å². The minimum absolute atomic E-state index is 0.0385. The lowest BCUT2D eigenvalue weighted by Crippen LogP contribution is -2.08. The summed E-state index contributed by atoms with van der Waals surface area (Å²) in [5.41, 5.74) is 2.44. The Morgan fingerprint density at radius 3 is 2.30 bits per heavy atom. The molecule has 0 fully saturated rings. The molecule has 1 N–H and O–H groups in total. The van der Waals surface area contributed by atoms with Gasteiger partial charge in [0, 0.05) is 24.5 Å². The van der Waals surface area contributed by atoms with E-state index in [2.05, 4.69) is 0 Å². The van der Waals surface area contributed by atoms with Gasteiger partial charge in [-0.25, -0.2) is 4.79 Å². The van der Waals surface area contributed by atoms with Gasteiger partial charge in [0.15, 0.2) is 5.78 Å². The smallest absolute Gasteiger partial charge is 0.416 e. The predicted octanol–water partition coefficient (Wildman–Crippen LogP) is 6.84. The summed E-state index contributed by atoms with van der Waals surface area (Å²) in [6, 6.07) is 13.4. The van der Waals surface area contributed by atoms with Crippen molar-refractivity contribution in [2.45, 2.75) is 32.0 Å². The molecule has 2 aromatic carbocycles. The first-order chi connectivity index (χ1) is 15.6. The number of hydrogen-bond donors (Lipinski definition) is 1. The van der Waals surface area contributed by atoms with Crippen LogP contribution in [0.3, 0.4) is 0 Å². The number of carbonyl (C=O) groups excluding carboxylic acids is 1. The van der Waals surface area contributed by atoms with Crippen LogP contribution < -0.4 is 0 Å². The molecule has 0 saturated carbocycles. The number of alkyl halides is 3. The Kier molecular flexibility index (Phi) is 6.12. The number of nitrogens with zero attached hydrogens (tertiary/aromatic N) is 1. The monoisotopic (exact) mass is 471 g/mol. The molecule has 1 atom stereocenters. The second kappa shape index (κ2) is 8.86.